The van der Waals surface area contributed by atoms with E-state index in [4.69, 9.17) is 10.5 Å². The number of nitrogens with two attached hydrogens (primary N) is 1. The highest BCUT2D eigenvalue weighted by Crippen LogP contribution is 2.30. The van der Waals surface area contributed by atoms with Gasteiger partial charge in [0, 0.05) is 12.3 Å². The molecule has 2 aromatic rings. The number of hydrogen-bond acceptors (Lipinski definition) is 5. The van der Waals surface area contributed by atoms with E-state index in [2.05, 4.69) is 15.0 Å². The quantitative estimate of drug-likeness (QED) is 0.907. The number of rotatable bonds is 2. The first-order chi connectivity index (χ1) is 8.86. The van der Waals surface area contributed by atoms with Crippen molar-refractivity contribution >= 4 is 5.82 Å². The van der Waals surface area contributed by atoms with E-state index in [1.54, 1.807) is 19.1 Å². The Morgan fingerprint density at radius 1 is 1.26 bits per heavy atom. The molecule has 0 aliphatic carbocycles. The molecule has 0 aromatic carbocycles. The summed E-state index contributed by atoms with van der Waals surface area (Å²) in [5.41, 5.74) is 5.82. The molecule has 2 rings (SSSR count). The SMILES string of the molecule is Cc1ncccc1Oc1cc(N)nc(C(F)(F)F)n1. The Hall–Kier alpha value is -2.38. The molecule has 0 saturated heterocycles. The predicted molar refractivity (Wildman–Crippen MR) is 60.5 cm³/mol. The minimum atomic E-state index is -4.68. The molecule has 0 fully saturated rings. The molecule has 0 aliphatic rings. The monoisotopic (exact) mass is 270 g/mol. The van der Waals surface area contributed by atoms with Crippen molar-refractivity contribution in [2.24, 2.45) is 0 Å². The molecule has 0 amide bonds. The lowest BCUT2D eigenvalue weighted by atomic mass is 10.3. The molecule has 0 atom stereocenters. The molecule has 0 unspecified atom stereocenters. The van der Waals surface area contributed by atoms with Gasteiger partial charge in [-0.1, -0.05) is 0 Å². The zero-order chi connectivity index (χ0) is 14.0. The zero-order valence-electron chi connectivity index (χ0n) is 9.77. The minimum Gasteiger partial charge on any atom is -0.437 e. The van der Waals surface area contributed by atoms with E-state index >= 15 is 0 Å². The summed E-state index contributed by atoms with van der Waals surface area (Å²) in [5.74, 6) is -1.65. The van der Waals surface area contributed by atoms with E-state index in [0.29, 0.717) is 11.4 Å². The van der Waals surface area contributed by atoms with Crippen LogP contribution >= 0.6 is 0 Å². The maximum atomic E-state index is 12.5. The number of halogens is 3. The Morgan fingerprint density at radius 3 is 2.63 bits per heavy atom. The third kappa shape index (κ3) is 3.09. The number of hydrogen-bond donors (Lipinski definition) is 1. The summed E-state index contributed by atoms with van der Waals surface area (Å²) in [6.07, 6.45) is -3.14. The van der Waals surface area contributed by atoms with Crippen LogP contribution in [0.3, 0.4) is 0 Å². The van der Waals surface area contributed by atoms with Crippen LogP contribution in [0.2, 0.25) is 0 Å². The second kappa shape index (κ2) is 4.71. The van der Waals surface area contributed by atoms with Gasteiger partial charge >= 0.3 is 6.18 Å². The zero-order valence-corrected chi connectivity index (χ0v) is 9.77. The normalized spacial score (nSPS) is 11.4. The predicted octanol–water partition coefficient (Wildman–Crippen LogP) is 2.57. The van der Waals surface area contributed by atoms with Gasteiger partial charge in [0.05, 0.1) is 5.69 Å². The summed E-state index contributed by atoms with van der Waals surface area (Å²) in [6, 6.07) is 4.27. The van der Waals surface area contributed by atoms with Crippen molar-refractivity contribution in [3.8, 4) is 11.6 Å². The van der Waals surface area contributed by atoms with Gasteiger partial charge in [-0.05, 0) is 19.1 Å². The summed E-state index contributed by atoms with van der Waals surface area (Å²) in [6.45, 7) is 1.66. The highest BCUT2D eigenvalue weighted by atomic mass is 19.4. The van der Waals surface area contributed by atoms with Crippen LogP contribution in [-0.4, -0.2) is 15.0 Å². The van der Waals surface area contributed by atoms with Gasteiger partial charge in [0.2, 0.25) is 11.7 Å². The van der Waals surface area contributed by atoms with E-state index in [9.17, 15) is 13.2 Å². The number of aryl methyl sites for hydroxylation is 1. The van der Waals surface area contributed by atoms with Gasteiger partial charge in [-0.15, -0.1) is 0 Å². The van der Waals surface area contributed by atoms with Gasteiger partial charge in [0.15, 0.2) is 5.75 Å². The van der Waals surface area contributed by atoms with Crippen molar-refractivity contribution < 1.29 is 17.9 Å². The fourth-order valence-corrected chi connectivity index (χ4v) is 1.31. The van der Waals surface area contributed by atoms with Crippen LogP contribution in [0.1, 0.15) is 11.5 Å². The maximum absolute atomic E-state index is 12.5. The Morgan fingerprint density at radius 2 is 2.00 bits per heavy atom. The summed E-state index contributed by atoms with van der Waals surface area (Å²) >= 11 is 0. The first kappa shape index (κ1) is 13.1. The Bertz CT molecular complexity index is 601. The Labute approximate surface area is 106 Å². The van der Waals surface area contributed by atoms with E-state index in [-0.39, 0.29) is 11.7 Å². The molecule has 19 heavy (non-hydrogen) atoms. The fraction of sp³-hybridized carbons (Fsp3) is 0.182. The molecular formula is C11H9F3N4O. The van der Waals surface area contributed by atoms with E-state index in [1.165, 1.54) is 6.20 Å². The summed E-state index contributed by atoms with van der Waals surface area (Å²) in [5, 5.41) is 0. The lowest BCUT2D eigenvalue weighted by molar-refractivity contribution is -0.145. The van der Waals surface area contributed by atoms with E-state index in [1.807, 2.05) is 0 Å². The third-order valence-corrected chi connectivity index (χ3v) is 2.15. The molecule has 0 saturated carbocycles. The standard InChI is InChI=1S/C11H9F3N4O/c1-6-7(3-2-4-16-6)19-9-5-8(15)17-10(18-9)11(12,13)14/h2-5H,1H3,(H2,15,17,18). The molecule has 8 heteroatoms. The molecule has 2 N–H and O–H groups in total. The molecule has 2 aromatic heterocycles. The highest BCUT2D eigenvalue weighted by Gasteiger charge is 2.35. The van der Waals surface area contributed by atoms with Crippen molar-refractivity contribution in [3.63, 3.8) is 0 Å². The Kier molecular flexibility index (Phi) is 3.24. The molecule has 0 spiro atoms. The van der Waals surface area contributed by atoms with Gasteiger partial charge in [-0.3, -0.25) is 4.98 Å². The van der Waals surface area contributed by atoms with Crippen LogP contribution in [0.25, 0.3) is 0 Å². The number of anilines is 1. The highest BCUT2D eigenvalue weighted by molar-refractivity contribution is 5.37. The lowest BCUT2D eigenvalue weighted by Crippen LogP contribution is -2.13. The van der Waals surface area contributed by atoms with Gasteiger partial charge in [0.1, 0.15) is 5.82 Å². The van der Waals surface area contributed by atoms with Gasteiger partial charge < -0.3 is 10.5 Å². The van der Waals surface area contributed by atoms with Crippen molar-refractivity contribution in [2.75, 3.05) is 5.73 Å². The average molecular weight is 270 g/mol. The molecule has 0 aliphatic heterocycles. The van der Waals surface area contributed by atoms with Gasteiger partial charge in [-0.2, -0.15) is 18.2 Å². The molecule has 0 bridgehead atoms. The Balaban J connectivity index is 2.36. The first-order valence-corrected chi connectivity index (χ1v) is 5.17. The number of nitrogens with zero attached hydrogens (tertiary/aromatic N) is 3. The number of ether oxygens (including phenoxy) is 1. The topological polar surface area (TPSA) is 73.9 Å². The van der Waals surface area contributed by atoms with Crippen LogP contribution in [0.5, 0.6) is 11.6 Å². The van der Waals surface area contributed by atoms with Gasteiger partial charge in [-0.25, -0.2) is 4.98 Å². The molecular weight excluding hydrogens is 261 g/mol. The summed E-state index contributed by atoms with van der Waals surface area (Å²) < 4.78 is 42.8. The van der Waals surface area contributed by atoms with Crippen LogP contribution in [0.4, 0.5) is 19.0 Å². The minimum absolute atomic E-state index is 0.282. The third-order valence-electron chi connectivity index (χ3n) is 2.15. The second-order valence-electron chi connectivity index (χ2n) is 3.64. The number of pyridine rings is 1. The van der Waals surface area contributed by atoms with Crippen LogP contribution in [-0.2, 0) is 6.18 Å². The second-order valence-corrected chi connectivity index (χ2v) is 3.64. The molecule has 100 valence electrons. The maximum Gasteiger partial charge on any atom is 0.451 e. The molecule has 0 radical (unpaired) electrons. The van der Waals surface area contributed by atoms with E-state index in [0.717, 1.165) is 6.07 Å². The van der Waals surface area contributed by atoms with Crippen LogP contribution in [0, 0.1) is 6.92 Å². The van der Waals surface area contributed by atoms with Crippen molar-refractivity contribution in [3.05, 3.63) is 35.9 Å². The first-order valence-electron chi connectivity index (χ1n) is 5.17. The number of nitrogen functional groups attached to an aromatic ring is 1. The fourth-order valence-electron chi connectivity index (χ4n) is 1.31. The van der Waals surface area contributed by atoms with E-state index < -0.39 is 12.0 Å². The van der Waals surface area contributed by atoms with Crippen molar-refractivity contribution in [2.45, 2.75) is 13.1 Å². The van der Waals surface area contributed by atoms with Crippen LogP contribution in [0.15, 0.2) is 24.4 Å². The molecule has 5 nitrogen and oxygen atoms in total. The largest absolute Gasteiger partial charge is 0.451 e. The van der Waals surface area contributed by atoms with Crippen LogP contribution < -0.4 is 10.5 Å². The number of aromatic nitrogens is 3. The average Bonchev–Trinajstić information content (AvgIpc) is 2.30. The molecule has 2 heterocycles. The summed E-state index contributed by atoms with van der Waals surface area (Å²) in [4.78, 5) is 10.3. The lowest BCUT2D eigenvalue weighted by Gasteiger charge is -2.10. The smallest absolute Gasteiger partial charge is 0.437 e. The summed E-state index contributed by atoms with van der Waals surface area (Å²) in [7, 11) is 0. The van der Waals surface area contributed by atoms with Crippen molar-refractivity contribution in [1.82, 2.24) is 15.0 Å². The van der Waals surface area contributed by atoms with Crippen molar-refractivity contribution in [1.29, 1.82) is 0 Å². The number of alkyl halides is 3. The van der Waals surface area contributed by atoms with Gasteiger partial charge in [0.25, 0.3) is 0 Å².